The van der Waals surface area contributed by atoms with Crippen LogP contribution in [0.2, 0.25) is 0 Å². The van der Waals surface area contributed by atoms with Crippen molar-refractivity contribution in [3.8, 4) is 0 Å². The van der Waals surface area contributed by atoms with E-state index >= 15 is 0 Å². The smallest absolute Gasteiger partial charge is 0.320 e. The summed E-state index contributed by atoms with van der Waals surface area (Å²) in [6.07, 6.45) is 0. The number of nitrogens with zero attached hydrogens (tertiary/aromatic N) is 1. The summed E-state index contributed by atoms with van der Waals surface area (Å²) in [4.78, 5) is 26.8. The SMILES string of the molecule is CC(C)[C@H](NCc1cccc(CN[C@H](C(=O)O)C(C)C)n1)C(=O)O. The van der Waals surface area contributed by atoms with Crippen LogP contribution in [0.25, 0.3) is 0 Å². The van der Waals surface area contributed by atoms with E-state index in [-0.39, 0.29) is 11.8 Å². The molecule has 0 aliphatic rings. The molecule has 0 aliphatic carbocycles. The number of carboxylic acid groups (broad SMARTS) is 2. The molecule has 7 nitrogen and oxygen atoms in total. The summed E-state index contributed by atoms with van der Waals surface area (Å²) in [5, 5.41) is 24.3. The quantitative estimate of drug-likeness (QED) is 0.511. The summed E-state index contributed by atoms with van der Waals surface area (Å²) in [5.74, 6) is -1.84. The Morgan fingerprint density at radius 3 is 1.58 bits per heavy atom. The number of carboxylic acids is 2. The maximum atomic E-state index is 11.2. The molecule has 0 spiro atoms. The number of pyridine rings is 1. The molecule has 24 heavy (non-hydrogen) atoms. The van der Waals surface area contributed by atoms with E-state index in [9.17, 15) is 19.8 Å². The monoisotopic (exact) mass is 337 g/mol. The molecule has 0 saturated carbocycles. The Hall–Kier alpha value is -1.99. The average molecular weight is 337 g/mol. The van der Waals surface area contributed by atoms with Gasteiger partial charge in [0.15, 0.2) is 0 Å². The largest absolute Gasteiger partial charge is 0.480 e. The Labute approximate surface area is 142 Å². The Morgan fingerprint density at radius 2 is 1.29 bits per heavy atom. The number of carbonyl (C=O) groups is 2. The first-order valence-electron chi connectivity index (χ1n) is 8.09. The highest BCUT2D eigenvalue weighted by Gasteiger charge is 2.21. The zero-order valence-corrected chi connectivity index (χ0v) is 14.6. The average Bonchev–Trinajstić information content (AvgIpc) is 2.46. The van der Waals surface area contributed by atoms with Crippen LogP contribution in [0.3, 0.4) is 0 Å². The molecular formula is C17H27N3O4. The van der Waals surface area contributed by atoms with Gasteiger partial charge in [-0.25, -0.2) is 0 Å². The van der Waals surface area contributed by atoms with Crippen molar-refractivity contribution in [2.24, 2.45) is 11.8 Å². The number of aromatic nitrogens is 1. The lowest BCUT2D eigenvalue weighted by molar-refractivity contribution is -0.141. The predicted molar refractivity (Wildman–Crippen MR) is 90.4 cm³/mol. The zero-order chi connectivity index (χ0) is 18.3. The van der Waals surface area contributed by atoms with Crippen LogP contribution in [0.15, 0.2) is 18.2 Å². The Balaban J connectivity index is 2.66. The van der Waals surface area contributed by atoms with Crippen LogP contribution in [-0.4, -0.2) is 39.2 Å². The lowest BCUT2D eigenvalue weighted by Crippen LogP contribution is -2.41. The van der Waals surface area contributed by atoms with Gasteiger partial charge < -0.3 is 10.2 Å². The second kappa shape index (κ2) is 9.34. The molecule has 134 valence electrons. The van der Waals surface area contributed by atoms with Gasteiger partial charge in [0, 0.05) is 13.1 Å². The molecule has 0 radical (unpaired) electrons. The second-order valence-corrected chi connectivity index (χ2v) is 6.50. The van der Waals surface area contributed by atoms with E-state index in [2.05, 4.69) is 15.6 Å². The summed E-state index contributed by atoms with van der Waals surface area (Å²) < 4.78 is 0. The minimum atomic E-state index is -0.885. The van der Waals surface area contributed by atoms with Gasteiger partial charge in [-0.05, 0) is 24.0 Å². The second-order valence-electron chi connectivity index (χ2n) is 6.50. The fraction of sp³-hybridized carbons (Fsp3) is 0.588. The summed E-state index contributed by atoms with van der Waals surface area (Å²) >= 11 is 0. The third kappa shape index (κ3) is 6.25. The van der Waals surface area contributed by atoms with Gasteiger partial charge in [-0.2, -0.15) is 0 Å². The molecule has 0 bridgehead atoms. The molecule has 1 rings (SSSR count). The molecule has 0 unspecified atom stereocenters. The van der Waals surface area contributed by atoms with Crippen molar-refractivity contribution in [3.05, 3.63) is 29.6 Å². The van der Waals surface area contributed by atoms with Crippen molar-refractivity contribution >= 4 is 11.9 Å². The lowest BCUT2D eigenvalue weighted by atomic mass is 10.0. The Kier molecular flexibility index (Phi) is 7.81. The third-order valence-electron chi connectivity index (χ3n) is 3.74. The van der Waals surface area contributed by atoms with E-state index in [0.717, 1.165) is 11.4 Å². The molecule has 2 atom stereocenters. The molecule has 1 heterocycles. The highest BCUT2D eigenvalue weighted by molar-refractivity contribution is 5.74. The fourth-order valence-electron chi connectivity index (χ4n) is 2.37. The van der Waals surface area contributed by atoms with Gasteiger partial charge in [0.1, 0.15) is 12.1 Å². The lowest BCUT2D eigenvalue weighted by Gasteiger charge is -2.19. The number of hydrogen-bond donors (Lipinski definition) is 4. The summed E-state index contributed by atoms with van der Waals surface area (Å²) in [6, 6.07) is 4.19. The van der Waals surface area contributed by atoms with Crippen LogP contribution in [0.5, 0.6) is 0 Å². The normalized spacial score (nSPS) is 13.9. The van der Waals surface area contributed by atoms with E-state index in [4.69, 9.17) is 0 Å². The van der Waals surface area contributed by atoms with Crippen LogP contribution < -0.4 is 10.6 Å². The van der Waals surface area contributed by atoms with Crippen molar-refractivity contribution < 1.29 is 19.8 Å². The molecule has 4 N–H and O–H groups in total. The molecule has 1 aromatic rings. The van der Waals surface area contributed by atoms with Crippen molar-refractivity contribution in [1.82, 2.24) is 15.6 Å². The molecule has 0 aliphatic heterocycles. The van der Waals surface area contributed by atoms with Crippen LogP contribution in [0, 0.1) is 11.8 Å². The van der Waals surface area contributed by atoms with Crippen LogP contribution in [0.1, 0.15) is 39.1 Å². The van der Waals surface area contributed by atoms with Crippen molar-refractivity contribution in [1.29, 1.82) is 0 Å². The number of nitrogens with one attached hydrogen (secondary N) is 2. The molecule has 0 amide bonds. The minimum Gasteiger partial charge on any atom is -0.480 e. The molecule has 0 aromatic carbocycles. The van der Waals surface area contributed by atoms with Gasteiger partial charge in [-0.15, -0.1) is 0 Å². The topological polar surface area (TPSA) is 112 Å². The standard InChI is InChI=1S/C17H27N3O4/c1-10(2)14(16(21)22)18-8-12-6-5-7-13(20-12)9-19-15(11(3)4)17(23)24/h5-7,10-11,14-15,18-19H,8-9H2,1-4H3,(H,21,22)(H,23,24)/t14-,15-/m0/s1. The van der Waals surface area contributed by atoms with Gasteiger partial charge in [-0.1, -0.05) is 33.8 Å². The van der Waals surface area contributed by atoms with Gasteiger partial charge in [0.25, 0.3) is 0 Å². The summed E-state index contributed by atoms with van der Waals surface area (Å²) in [5.41, 5.74) is 1.44. The molecule has 7 heteroatoms. The van der Waals surface area contributed by atoms with Gasteiger partial charge in [0.05, 0.1) is 11.4 Å². The van der Waals surface area contributed by atoms with Gasteiger partial charge in [0.2, 0.25) is 0 Å². The van der Waals surface area contributed by atoms with E-state index < -0.39 is 24.0 Å². The maximum Gasteiger partial charge on any atom is 0.320 e. The summed E-state index contributed by atoms with van der Waals surface area (Å²) in [6.45, 7) is 8.06. The number of hydrogen-bond acceptors (Lipinski definition) is 5. The molecule has 1 aromatic heterocycles. The Bertz CT molecular complexity index is 515. The van der Waals surface area contributed by atoms with Crippen molar-refractivity contribution in [2.75, 3.05) is 0 Å². The maximum absolute atomic E-state index is 11.2. The summed E-state index contributed by atoms with van der Waals surface area (Å²) in [7, 11) is 0. The zero-order valence-electron chi connectivity index (χ0n) is 14.6. The third-order valence-corrected chi connectivity index (χ3v) is 3.74. The predicted octanol–water partition coefficient (Wildman–Crippen LogP) is 1.48. The Morgan fingerprint density at radius 1 is 0.917 bits per heavy atom. The highest BCUT2D eigenvalue weighted by Crippen LogP contribution is 2.06. The number of rotatable bonds is 10. The first kappa shape index (κ1) is 20.1. The van der Waals surface area contributed by atoms with Gasteiger partial charge in [-0.3, -0.25) is 25.2 Å². The minimum absolute atomic E-state index is 0.0327. The first-order valence-corrected chi connectivity index (χ1v) is 8.09. The highest BCUT2D eigenvalue weighted by atomic mass is 16.4. The fourth-order valence-corrected chi connectivity index (χ4v) is 2.37. The van der Waals surface area contributed by atoms with E-state index in [1.54, 1.807) is 0 Å². The molecular weight excluding hydrogens is 310 g/mol. The molecule has 0 fully saturated rings. The van der Waals surface area contributed by atoms with Crippen LogP contribution >= 0.6 is 0 Å². The molecule has 0 saturated heterocycles. The van der Waals surface area contributed by atoms with Crippen LogP contribution in [-0.2, 0) is 22.7 Å². The van der Waals surface area contributed by atoms with E-state index in [1.807, 2.05) is 45.9 Å². The van der Waals surface area contributed by atoms with Crippen molar-refractivity contribution in [3.63, 3.8) is 0 Å². The van der Waals surface area contributed by atoms with Crippen molar-refractivity contribution in [2.45, 2.75) is 52.9 Å². The van der Waals surface area contributed by atoms with E-state index in [1.165, 1.54) is 0 Å². The first-order chi connectivity index (χ1) is 11.2. The van der Waals surface area contributed by atoms with Gasteiger partial charge >= 0.3 is 11.9 Å². The number of aliphatic carboxylic acids is 2. The van der Waals surface area contributed by atoms with E-state index in [0.29, 0.717) is 13.1 Å². The van der Waals surface area contributed by atoms with Crippen LogP contribution in [0.4, 0.5) is 0 Å².